The number of phenolic OH excluding ortho intramolecular Hbond substituents is 1. The van der Waals surface area contributed by atoms with Crippen molar-refractivity contribution < 1.29 is 13.5 Å². The van der Waals surface area contributed by atoms with E-state index in [1.54, 1.807) is 24.3 Å². The molecule has 1 aliphatic rings. The van der Waals surface area contributed by atoms with Crippen LogP contribution in [0.15, 0.2) is 56.9 Å². The summed E-state index contributed by atoms with van der Waals surface area (Å²) in [6.07, 6.45) is 1.33. The molecule has 1 heterocycles. The zero-order valence-electron chi connectivity index (χ0n) is 11.1. The predicted molar refractivity (Wildman–Crippen MR) is 84.0 cm³/mol. The van der Waals surface area contributed by atoms with Gasteiger partial charge in [0.15, 0.2) is 5.84 Å². The van der Waals surface area contributed by atoms with Crippen LogP contribution in [0, 0.1) is 0 Å². The highest BCUT2D eigenvalue weighted by Crippen LogP contribution is 2.25. The molecule has 112 valence electrons. The third-order valence-corrected chi connectivity index (χ3v) is 4.57. The molecule has 2 N–H and O–H groups in total. The Bertz CT molecular complexity index is 907. The second-order valence-electron chi connectivity index (χ2n) is 4.48. The van der Waals surface area contributed by atoms with Crippen molar-refractivity contribution in [3.63, 3.8) is 0 Å². The molecule has 8 heteroatoms. The third kappa shape index (κ3) is 2.68. The zero-order chi connectivity index (χ0) is 15.7. The number of nitrogens with zero attached hydrogens (tertiary/aromatic N) is 2. The van der Waals surface area contributed by atoms with Crippen LogP contribution < -0.4 is 5.43 Å². The average molecular weight is 336 g/mol. The summed E-state index contributed by atoms with van der Waals surface area (Å²) in [6.45, 7) is 0. The van der Waals surface area contributed by atoms with Gasteiger partial charge in [0.2, 0.25) is 0 Å². The number of aromatic hydroxyl groups is 1. The number of nitrogens with one attached hydrogen (secondary N) is 1. The van der Waals surface area contributed by atoms with Crippen LogP contribution in [0.25, 0.3) is 0 Å². The van der Waals surface area contributed by atoms with Crippen molar-refractivity contribution in [3.8, 4) is 5.75 Å². The van der Waals surface area contributed by atoms with E-state index in [4.69, 9.17) is 11.6 Å². The van der Waals surface area contributed by atoms with E-state index < -0.39 is 10.0 Å². The van der Waals surface area contributed by atoms with Crippen molar-refractivity contribution >= 4 is 33.7 Å². The van der Waals surface area contributed by atoms with E-state index in [0.717, 1.165) is 0 Å². The van der Waals surface area contributed by atoms with Crippen LogP contribution in [0.5, 0.6) is 5.75 Å². The van der Waals surface area contributed by atoms with Gasteiger partial charge in [-0.25, -0.2) is 0 Å². The van der Waals surface area contributed by atoms with Crippen LogP contribution in [-0.2, 0) is 10.0 Å². The van der Waals surface area contributed by atoms with E-state index >= 15 is 0 Å². The van der Waals surface area contributed by atoms with E-state index in [1.807, 2.05) is 0 Å². The molecule has 2 aromatic carbocycles. The van der Waals surface area contributed by atoms with Crippen molar-refractivity contribution in [1.82, 2.24) is 5.43 Å². The highest BCUT2D eigenvalue weighted by Gasteiger charge is 2.28. The van der Waals surface area contributed by atoms with Crippen LogP contribution in [0.2, 0.25) is 5.02 Å². The maximum Gasteiger partial charge on any atom is 0.285 e. The highest BCUT2D eigenvalue weighted by molar-refractivity contribution is 7.90. The van der Waals surface area contributed by atoms with E-state index in [9.17, 15) is 13.5 Å². The van der Waals surface area contributed by atoms with E-state index in [1.165, 1.54) is 24.4 Å². The Morgan fingerprint density at radius 2 is 2.00 bits per heavy atom. The second kappa shape index (κ2) is 5.43. The van der Waals surface area contributed by atoms with Gasteiger partial charge in [0, 0.05) is 16.1 Å². The Hall–Kier alpha value is -2.38. The summed E-state index contributed by atoms with van der Waals surface area (Å²) in [5, 5.41) is 14.0. The molecular weight excluding hydrogens is 326 g/mol. The van der Waals surface area contributed by atoms with Gasteiger partial charge in [-0.05, 0) is 30.3 Å². The topological polar surface area (TPSA) is 91.1 Å². The number of hydrogen-bond donors (Lipinski definition) is 2. The minimum Gasteiger partial charge on any atom is -0.507 e. The van der Waals surface area contributed by atoms with Gasteiger partial charge in [-0.2, -0.15) is 13.5 Å². The molecular formula is C14H10ClN3O3S. The van der Waals surface area contributed by atoms with Crippen molar-refractivity contribution in [2.75, 3.05) is 0 Å². The summed E-state index contributed by atoms with van der Waals surface area (Å²) in [5.74, 6) is 0.143. The molecule has 6 nitrogen and oxygen atoms in total. The summed E-state index contributed by atoms with van der Waals surface area (Å²) >= 11 is 5.83. The molecule has 0 aromatic heterocycles. The molecule has 1 aliphatic heterocycles. The Labute approximate surface area is 131 Å². The normalized spacial score (nSPS) is 15.6. The molecule has 0 radical (unpaired) electrons. The number of benzene rings is 2. The first-order chi connectivity index (χ1) is 10.5. The van der Waals surface area contributed by atoms with Gasteiger partial charge < -0.3 is 5.11 Å². The SMILES string of the molecule is O=S1(=O)N=C(N/N=C/c2cc(Cl)ccc2O)c2ccccc21. The summed E-state index contributed by atoms with van der Waals surface area (Å²) in [4.78, 5) is 0.137. The fourth-order valence-corrected chi connectivity index (χ4v) is 3.33. The standard InChI is InChI=1S/C14H10ClN3O3S/c15-10-5-6-12(19)9(7-10)8-16-17-14-11-3-1-2-4-13(11)22(20,21)18-14/h1-8,19H,(H,17,18)/b16-8+. The second-order valence-corrected chi connectivity index (χ2v) is 6.49. The number of hydrazone groups is 1. The number of fused-ring (bicyclic) bond motifs is 1. The van der Waals surface area contributed by atoms with Crippen molar-refractivity contribution in [3.05, 3.63) is 58.6 Å². The molecule has 0 unspecified atom stereocenters. The lowest BCUT2D eigenvalue weighted by atomic mass is 10.2. The molecule has 0 saturated carbocycles. The molecule has 0 amide bonds. The maximum absolute atomic E-state index is 11.9. The highest BCUT2D eigenvalue weighted by atomic mass is 35.5. The molecule has 0 atom stereocenters. The first kappa shape index (κ1) is 14.6. The molecule has 22 heavy (non-hydrogen) atoms. The fraction of sp³-hybridized carbons (Fsp3) is 0. The number of hydrogen-bond acceptors (Lipinski definition) is 5. The lowest BCUT2D eigenvalue weighted by Crippen LogP contribution is -2.17. The van der Waals surface area contributed by atoms with Gasteiger partial charge in [-0.1, -0.05) is 23.7 Å². The van der Waals surface area contributed by atoms with E-state index in [0.29, 0.717) is 16.1 Å². The van der Waals surface area contributed by atoms with Gasteiger partial charge in [0.1, 0.15) is 10.6 Å². The monoisotopic (exact) mass is 335 g/mol. The molecule has 2 aromatic rings. The molecule has 3 rings (SSSR count). The quantitative estimate of drug-likeness (QED) is 0.649. The van der Waals surface area contributed by atoms with Crippen LogP contribution >= 0.6 is 11.6 Å². The Kier molecular flexibility index (Phi) is 3.59. The molecule has 0 aliphatic carbocycles. The molecule has 0 spiro atoms. The summed E-state index contributed by atoms with van der Waals surface area (Å²) < 4.78 is 27.4. The van der Waals surface area contributed by atoms with Crippen molar-refractivity contribution in [2.24, 2.45) is 9.50 Å². The minimum atomic E-state index is -3.68. The van der Waals surface area contributed by atoms with Crippen molar-refractivity contribution in [1.29, 1.82) is 0 Å². The number of rotatable bonds is 2. The maximum atomic E-state index is 11.9. The van der Waals surface area contributed by atoms with Gasteiger partial charge in [-0.3, -0.25) is 5.43 Å². The molecule has 0 saturated heterocycles. The van der Waals surface area contributed by atoms with Crippen LogP contribution in [-0.4, -0.2) is 25.6 Å². The van der Waals surface area contributed by atoms with Gasteiger partial charge in [0.05, 0.1) is 6.21 Å². The number of halogens is 1. The Morgan fingerprint density at radius 3 is 2.82 bits per heavy atom. The first-order valence-electron chi connectivity index (χ1n) is 6.19. The molecule has 0 bridgehead atoms. The van der Waals surface area contributed by atoms with Crippen LogP contribution in [0.3, 0.4) is 0 Å². The largest absolute Gasteiger partial charge is 0.507 e. The predicted octanol–water partition coefficient (Wildman–Crippen LogP) is 2.12. The smallest absolute Gasteiger partial charge is 0.285 e. The van der Waals surface area contributed by atoms with Gasteiger partial charge in [-0.15, -0.1) is 4.40 Å². The van der Waals surface area contributed by atoms with Crippen LogP contribution in [0.1, 0.15) is 11.1 Å². The fourth-order valence-electron chi connectivity index (χ4n) is 1.98. The van der Waals surface area contributed by atoms with Crippen molar-refractivity contribution in [2.45, 2.75) is 4.90 Å². The van der Waals surface area contributed by atoms with Crippen LogP contribution in [0.4, 0.5) is 0 Å². The Balaban J connectivity index is 1.86. The molecule has 0 fully saturated rings. The summed E-state index contributed by atoms with van der Waals surface area (Å²) in [7, 11) is -3.68. The summed E-state index contributed by atoms with van der Waals surface area (Å²) in [5.41, 5.74) is 3.43. The lowest BCUT2D eigenvalue weighted by molar-refractivity contribution is 0.474. The average Bonchev–Trinajstić information content (AvgIpc) is 2.75. The Morgan fingerprint density at radius 1 is 1.23 bits per heavy atom. The number of sulfonamides is 1. The third-order valence-electron chi connectivity index (χ3n) is 3.00. The number of phenols is 1. The van der Waals surface area contributed by atoms with E-state index in [2.05, 4.69) is 14.9 Å². The first-order valence-corrected chi connectivity index (χ1v) is 8.01. The summed E-state index contributed by atoms with van der Waals surface area (Å²) in [6, 6.07) is 11.0. The van der Waals surface area contributed by atoms with Gasteiger partial charge >= 0.3 is 0 Å². The minimum absolute atomic E-state index is 0.0105. The van der Waals surface area contributed by atoms with Gasteiger partial charge in [0.25, 0.3) is 10.0 Å². The number of amidine groups is 1. The lowest BCUT2D eigenvalue weighted by Gasteiger charge is -2.01. The zero-order valence-corrected chi connectivity index (χ0v) is 12.6. The van der Waals surface area contributed by atoms with E-state index in [-0.39, 0.29) is 16.5 Å².